The number of nitrogens with zero attached hydrogens (tertiary/aromatic N) is 1. The van der Waals surface area contributed by atoms with Crippen molar-refractivity contribution in [2.45, 2.75) is 6.54 Å². The predicted octanol–water partition coefficient (Wildman–Crippen LogP) is 0.826. The number of rotatable bonds is 5. The number of hydrogen-bond acceptors (Lipinski definition) is 4. The number of amides is 2. The molecule has 0 spiro atoms. The van der Waals surface area contributed by atoms with Crippen LogP contribution >= 0.6 is 0 Å². The summed E-state index contributed by atoms with van der Waals surface area (Å²) in [5.41, 5.74) is 2.80. The van der Waals surface area contributed by atoms with Gasteiger partial charge in [-0.2, -0.15) is 0 Å². The van der Waals surface area contributed by atoms with Gasteiger partial charge in [-0.15, -0.1) is 0 Å². The van der Waals surface area contributed by atoms with Crippen molar-refractivity contribution < 1.29 is 24.0 Å². The summed E-state index contributed by atoms with van der Waals surface area (Å²) in [6, 6.07) is 14.8. The van der Waals surface area contributed by atoms with Crippen LogP contribution in [0.25, 0.3) is 0 Å². The number of carbonyl (C=O) groups is 2. The van der Waals surface area contributed by atoms with E-state index >= 15 is 0 Å². The Balaban J connectivity index is 1.41. The van der Waals surface area contributed by atoms with E-state index < -0.39 is 0 Å². The zero-order valence-electron chi connectivity index (χ0n) is 17.1. The lowest BCUT2D eigenvalue weighted by atomic mass is 10.1. The molecule has 2 aromatic rings. The molecule has 2 saturated heterocycles. The molecule has 0 bridgehead atoms. The minimum atomic E-state index is -0.220. The molecule has 2 aliphatic heterocycles. The molecule has 2 amide bonds. The van der Waals surface area contributed by atoms with Crippen molar-refractivity contribution in [3.05, 3.63) is 65.2 Å². The van der Waals surface area contributed by atoms with Crippen LogP contribution in [-0.2, 0) is 16.0 Å². The van der Waals surface area contributed by atoms with Crippen LogP contribution in [0.1, 0.15) is 26.3 Å². The van der Waals surface area contributed by atoms with Crippen LogP contribution in [0.4, 0.5) is 5.69 Å². The summed E-state index contributed by atoms with van der Waals surface area (Å²) in [5, 5.41) is 2.91. The van der Waals surface area contributed by atoms with Crippen LogP contribution < -0.4 is 10.2 Å². The predicted molar refractivity (Wildman–Crippen MR) is 113 cm³/mol. The first-order chi connectivity index (χ1) is 14.7. The normalized spacial score (nSPS) is 17.5. The maximum atomic E-state index is 12.9. The maximum absolute atomic E-state index is 12.9. The van der Waals surface area contributed by atoms with E-state index in [0.29, 0.717) is 43.1 Å². The number of ether oxygens (including phenoxy) is 2. The third-order valence-corrected chi connectivity index (χ3v) is 5.57. The molecule has 158 valence electrons. The summed E-state index contributed by atoms with van der Waals surface area (Å²) < 4.78 is 10.7. The number of nitrogens with one attached hydrogen (secondary N) is 2. The van der Waals surface area contributed by atoms with Gasteiger partial charge in [0.2, 0.25) is 0 Å². The Morgan fingerprint density at radius 1 is 0.900 bits per heavy atom. The second kappa shape index (κ2) is 9.84. The largest absolute Gasteiger partial charge is 0.378 e. The zero-order chi connectivity index (χ0) is 20.8. The molecule has 0 aromatic heterocycles. The Kier molecular flexibility index (Phi) is 6.74. The molecule has 30 heavy (non-hydrogen) atoms. The first-order valence-electron chi connectivity index (χ1n) is 10.5. The van der Waals surface area contributed by atoms with E-state index in [2.05, 4.69) is 5.32 Å². The molecule has 2 heterocycles. The summed E-state index contributed by atoms with van der Waals surface area (Å²) in [6.45, 7) is 6.77. The van der Waals surface area contributed by atoms with Crippen LogP contribution in [0, 0.1) is 0 Å². The van der Waals surface area contributed by atoms with Gasteiger partial charge >= 0.3 is 0 Å². The van der Waals surface area contributed by atoms with Crippen LogP contribution in [0.2, 0.25) is 0 Å². The molecule has 0 atom stereocenters. The highest BCUT2D eigenvalue weighted by Crippen LogP contribution is 2.19. The molecule has 7 heteroatoms. The van der Waals surface area contributed by atoms with Crippen molar-refractivity contribution in [2.24, 2.45) is 0 Å². The van der Waals surface area contributed by atoms with Gasteiger partial charge in [-0.3, -0.25) is 9.59 Å². The Labute approximate surface area is 176 Å². The smallest absolute Gasteiger partial charge is 0.256 e. The number of hydrogen-bond donors (Lipinski definition) is 2. The number of quaternary nitrogens is 1. The van der Waals surface area contributed by atoms with Gasteiger partial charge in [0.15, 0.2) is 0 Å². The van der Waals surface area contributed by atoms with E-state index in [4.69, 9.17) is 9.47 Å². The molecule has 0 aliphatic carbocycles. The van der Waals surface area contributed by atoms with Crippen LogP contribution in [0.3, 0.4) is 0 Å². The van der Waals surface area contributed by atoms with Gasteiger partial charge in [0.05, 0.1) is 37.7 Å². The van der Waals surface area contributed by atoms with Crippen LogP contribution in [0.15, 0.2) is 48.5 Å². The number of para-hydroxylation sites is 1. The van der Waals surface area contributed by atoms with Crippen molar-refractivity contribution in [2.75, 3.05) is 57.9 Å². The summed E-state index contributed by atoms with van der Waals surface area (Å²) in [6.07, 6.45) is 0. The molecule has 2 aliphatic rings. The number of morpholine rings is 2. The molecule has 0 unspecified atom stereocenters. The average Bonchev–Trinajstić information content (AvgIpc) is 2.81. The summed E-state index contributed by atoms with van der Waals surface area (Å²) >= 11 is 0. The lowest BCUT2D eigenvalue weighted by Gasteiger charge is -2.27. The number of anilines is 1. The Bertz CT molecular complexity index is 872. The summed E-state index contributed by atoms with van der Waals surface area (Å²) in [4.78, 5) is 28.9. The SMILES string of the molecule is O=C(Nc1ccccc1C(=O)N1CCOCC1)c1ccc(C[NH+]2CCOCC2)cc1. The Hall–Kier alpha value is -2.74. The standard InChI is InChI=1S/C23H27N3O4/c27-22(19-7-5-18(6-8-19)17-25-9-13-29-14-10-25)24-21-4-2-1-3-20(21)23(28)26-11-15-30-16-12-26/h1-8H,9-17H2,(H,24,27)/p+1. The van der Waals surface area contributed by atoms with E-state index in [1.807, 2.05) is 36.4 Å². The van der Waals surface area contributed by atoms with Crippen molar-refractivity contribution in [1.29, 1.82) is 0 Å². The first kappa shape index (κ1) is 20.5. The molecule has 2 aromatic carbocycles. The number of benzene rings is 2. The highest BCUT2D eigenvalue weighted by Gasteiger charge is 2.22. The molecule has 0 saturated carbocycles. The second-order valence-electron chi connectivity index (χ2n) is 7.64. The zero-order valence-corrected chi connectivity index (χ0v) is 17.1. The molecule has 7 nitrogen and oxygen atoms in total. The van der Waals surface area contributed by atoms with Crippen molar-refractivity contribution in [3.63, 3.8) is 0 Å². The second-order valence-corrected chi connectivity index (χ2v) is 7.64. The lowest BCUT2D eigenvalue weighted by Crippen LogP contribution is -3.12. The monoisotopic (exact) mass is 410 g/mol. The van der Waals surface area contributed by atoms with E-state index in [1.165, 1.54) is 10.5 Å². The Morgan fingerprint density at radius 3 is 2.30 bits per heavy atom. The summed E-state index contributed by atoms with van der Waals surface area (Å²) in [7, 11) is 0. The topological polar surface area (TPSA) is 72.3 Å². The van der Waals surface area contributed by atoms with Gasteiger partial charge < -0.3 is 24.6 Å². The first-order valence-corrected chi connectivity index (χ1v) is 10.5. The van der Waals surface area contributed by atoms with Crippen LogP contribution in [-0.4, -0.2) is 69.3 Å². The molecule has 2 N–H and O–H groups in total. The maximum Gasteiger partial charge on any atom is 0.256 e. The average molecular weight is 410 g/mol. The van der Waals surface area contributed by atoms with Crippen molar-refractivity contribution in [3.8, 4) is 0 Å². The highest BCUT2D eigenvalue weighted by atomic mass is 16.5. The van der Waals surface area contributed by atoms with E-state index in [-0.39, 0.29) is 11.8 Å². The fourth-order valence-corrected chi connectivity index (χ4v) is 3.81. The molecular weight excluding hydrogens is 382 g/mol. The fourth-order valence-electron chi connectivity index (χ4n) is 3.81. The van der Waals surface area contributed by atoms with Gasteiger partial charge in [0.1, 0.15) is 19.6 Å². The molecule has 2 fully saturated rings. The van der Waals surface area contributed by atoms with E-state index in [9.17, 15) is 9.59 Å². The third kappa shape index (κ3) is 5.05. The summed E-state index contributed by atoms with van der Waals surface area (Å²) in [5.74, 6) is -0.305. The van der Waals surface area contributed by atoms with Gasteiger partial charge in [0, 0.05) is 24.2 Å². The molecular formula is C23H28N3O4+. The van der Waals surface area contributed by atoms with Crippen molar-refractivity contribution >= 4 is 17.5 Å². The molecule has 4 rings (SSSR count). The minimum Gasteiger partial charge on any atom is -0.378 e. The third-order valence-electron chi connectivity index (χ3n) is 5.57. The van der Waals surface area contributed by atoms with Gasteiger partial charge in [-0.05, 0) is 24.3 Å². The minimum absolute atomic E-state index is 0.0852. The van der Waals surface area contributed by atoms with Gasteiger partial charge in [-0.1, -0.05) is 24.3 Å². The van der Waals surface area contributed by atoms with Crippen molar-refractivity contribution in [1.82, 2.24) is 4.90 Å². The van der Waals surface area contributed by atoms with E-state index in [1.54, 1.807) is 17.0 Å². The van der Waals surface area contributed by atoms with Gasteiger partial charge in [0.25, 0.3) is 11.8 Å². The highest BCUT2D eigenvalue weighted by molar-refractivity contribution is 6.09. The van der Waals surface area contributed by atoms with Crippen LogP contribution in [0.5, 0.6) is 0 Å². The Morgan fingerprint density at radius 2 is 1.57 bits per heavy atom. The van der Waals surface area contributed by atoms with E-state index in [0.717, 1.165) is 32.8 Å². The molecule has 0 radical (unpaired) electrons. The lowest BCUT2D eigenvalue weighted by molar-refractivity contribution is -0.921. The number of carbonyl (C=O) groups excluding carboxylic acids is 2. The van der Waals surface area contributed by atoms with Gasteiger partial charge in [-0.25, -0.2) is 0 Å². The fraction of sp³-hybridized carbons (Fsp3) is 0.391. The quantitative estimate of drug-likeness (QED) is 0.766.